The molecule has 0 bridgehead atoms. The van der Waals surface area contributed by atoms with Gasteiger partial charge < -0.3 is 5.73 Å². The van der Waals surface area contributed by atoms with Crippen molar-refractivity contribution in [2.45, 2.75) is 20.8 Å². The molecule has 56 valence electrons. The van der Waals surface area contributed by atoms with Gasteiger partial charge in [-0.05, 0) is 26.3 Å². The second kappa shape index (κ2) is 3.82. The van der Waals surface area contributed by atoms with Gasteiger partial charge in [-0.25, -0.2) is 4.99 Å². The number of rotatable bonds is 1. The average Bonchev–Trinajstić information content (AvgIpc) is 1.87. The zero-order valence-electron chi connectivity index (χ0n) is 6.60. The number of nitrogens with zero attached hydrogens (tertiary/aromatic N) is 1. The van der Waals surface area contributed by atoms with Crippen molar-refractivity contribution in [1.29, 1.82) is 5.41 Å². The van der Waals surface area contributed by atoms with Gasteiger partial charge in [-0.3, -0.25) is 5.41 Å². The van der Waals surface area contributed by atoms with Crippen LogP contribution in [0, 0.1) is 5.41 Å². The van der Waals surface area contributed by atoms with Crippen LogP contribution < -0.4 is 5.73 Å². The molecule has 0 amide bonds. The Hall–Kier alpha value is -1.12. The molecule has 3 nitrogen and oxygen atoms in total. The highest BCUT2D eigenvalue weighted by Gasteiger charge is 1.96. The van der Waals surface area contributed by atoms with Gasteiger partial charge in [-0.2, -0.15) is 0 Å². The number of hydrogen-bond donors (Lipinski definition) is 2. The summed E-state index contributed by atoms with van der Waals surface area (Å²) in [6, 6.07) is 0. The van der Waals surface area contributed by atoms with E-state index in [0.717, 1.165) is 17.5 Å². The highest BCUT2D eigenvalue weighted by Crippen LogP contribution is 2.03. The standard InChI is InChI=1S/C7H13N3/c1-5(2)6(3)7(9)10-4-8/h4H,1-3H3,(H3,8,9,10). The van der Waals surface area contributed by atoms with Crippen molar-refractivity contribution in [3.05, 3.63) is 11.1 Å². The van der Waals surface area contributed by atoms with Crippen molar-refractivity contribution in [2.24, 2.45) is 10.7 Å². The molecule has 0 heterocycles. The van der Waals surface area contributed by atoms with Crippen molar-refractivity contribution in [1.82, 2.24) is 0 Å². The van der Waals surface area contributed by atoms with Crippen LogP contribution in [-0.4, -0.2) is 12.2 Å². The summed E-state index contributed by atoms with van der Waals surface area (Å²) in [5.74, 6) is 0.238. The maximum absolute atomic E-state index is 7.29. The van der Waals surface area contributed by atoms with Gasteiger partial charge >= 0.3 is 0 Å². The van der Waals surface area contributed by atoms with Crippen molar-refractivity contribution in [2.75, 3.05) is 0 Å². The second-order valence-electron chi connectivity index (χ2n) is 2.25. The van der Waals surface area contributed by atoms with Gasteiger partial charge in [-0.15, -0.1) is 0 Å². The van der Waals surface area contributed by atoms with Crippen LogP contribution in [0.3, 0.4) is 0 Å². The summed E-state index contributed by atoms with van der Waals surface area (Å²) in [4.78, 5) is 3.62. The summed E-state index contributed by atoms with van der Waals surface area (Å²) in [5, 5.41) is 7.29. The van der Waals surface area contributed by atoms with E-state index in [1.807, 2.05) is 20.8 Å². The number of nitrogens with one attached hydrogen (secondary N) is 1. The Labute approximate surface area is 61.2 Å². The quantitative estimate of drug-likeness (QED) is 0.417. The Balaban J connectivity index is 4.38. The summed E-state index contributed by atoms with van der Waals surface area (Å²) < 4.78 is 0. The van der Waals surface area contributed by atoms with Crippen LogP contribution in [0.25, 0.3) is 0 Å². The molecule has 0 aromatic heterocycles. The first-order chi connectivity index (χ1) is 4.59. The SMILES string of the molecule is CC(C)=C(C)C(=N)N=CN. The van der Waals surface area contributed by atoms with E-state index < -0.39 is 0 Å². The minimum Gasteiger partial charge on any atom is -0.390 e. The molecule has 0 spiro atoms. The molecule has 0 aromatic rings. The maximum atomic E-state index is 7.29. The fraction of sp³-hybridized carbons (Fsp3) is 0.429. The molecule has 10 heavy (non-hydrogen) atoms. The Morgan fingerprint density at radius 1 is 1.40 bits per heavy atom. The van der Waals surface area contributed by atoms with E-state index >= 15 is 0 Å². The van der Waals surface area contributed by atoms with E-state index in [9.17, 15) is 0 Å². The first-order valence-corrected chi connectivity index (χ1v) is 3.07. The molecule has 0 rings (SSSR count). The normalized spacial score (nSPS) is 9.90. The fourth-order valence-corrected chi connectivity index (χ4v) is 0.408. The first-order valence-electron chi connectivity index (χ1n) is 3.07. The molecule has 0 saturated heterocycles. The Morgan fingerprint density at radius 2 is 1.90 bits per heavy atom. The molecule has 0 aliphatic carbocycles. The van der Waals surface area contributed by atoms with E-state index in [2.05, 4.69) is 4.99 Å². The third-order valence-electron chi connectivity index (χ3n) is 1.31. The second-order valence-corrected chi connectivity index (χ2v) is 2.25. The van der Waals surface area contributed by atoms with Crippen LogP contribution in [0.4, 0.5) is 0 Å². The van der Waals surface area contributed by atoms with E-state index in [4.69, 9.17) is 11.1 Å². The zero-order valence-corrected chi connectivity index (χ0v) is 6.60. The van der Waals surface area contributed by atoms with Gasteiger partial charge in [0.25, 0.3) is 0 Å². The molecule has 0 unspecified atom stereocenters. The Kier molecular flexibility index (Phi) is 3.39. The molecular weight excluding hydrogens is 126 g/mol. The number of allylic oxidation sites excluding steroid dienone is 1. The van der Waals surface area contributed by atoms with Gasteiger partial charge in [0.2, 0.25) is 0 Å². The van der Waals surface area contributed by atoms with E-state index in [0.29, 0.717) is 0 Å². The molecule has 0 aliphatic rings. The smallest absolute Gasteiger partial charge is 0.149 e. The van der Waals surface area contributed by atoms with Crippen LogP contribution >= 0.6 is 0 Å². The van der Waals surface area contributed by atoms with Crippen LogP contribution in [0.2, 0.25) is 0 Å². The summed E-state index contributed by atoms with van der Waals surface area (Å²) in [7, 11) is 0. The van der Waals surface area contributed by atoms with Gasteiger partial charge in [0, 0.05) is 0 Å². The van der Waals surface area contributed by atoms with Crippen molar-refractivity contribution in [3.63, 3.8) is 0 Å². The molecule has 0 radical (unpaired) electrons. The molecular formula is C7H13N3. The molecule has 0 aliphatic heterocycles. The highest BCUT2D eigenvalue weighted by molar-refractivity contribution is 5.99. The van der Waals surface area contributed by atoms with Crippen molar-refractivity contribution in [3.8, 4) is 0 Å². The van der Waals surface area contributed by atoms with Gasteiger partial charge in [0.05, 0.1) is 6.34 Å². The van der Waals surface area contributed by atoms with E-state index in [1.54, 1.807) is 0 Å². The van der Waals surface area contributed by atoms with Crippen LogP contribution in [-0.2, 0) is 0 Å². The molecule has 0 fully saturated rings. The summed E-state index contributed by atoms with van der Waals surface area (Å²) in [6.07, 6.45) is 1.13. The Bertz CT molecular complexity index is 185. The lowest BCUT2D eigenvalue weighted by atomic mass is 10.2. The third kappa shape index (κ3) is 2.44. The lowest BCUT2D eigenvalue weighted by molar-refractivity contribution is 1.28. The summed E-state index contributed by atoms with van der Waals surface area (Å²) in [5.41, 5.74) is 6.98. The summed E-state index contributed by atoms with van der Waals surface area (Å²) in [6.45, 7) is 5.73. The largest absolute Gasteiger partial charge is 0.390 e. The predicted octanol–water partition coefficient (Wildman–Crippen LogP) is 1.31. The van der Waals surface area contributed by atoms with Gasteiger partial charge in [0.1, 0.15) is 5.84 Å². The Morgan fingerprint density at radius 3 is 2.20 bits per heavy atom. The molecule has 0 saturated carbocycles. The molecule has 0 aromatic carbocycles. The van der Waals surface area contributed by atoms with E-state index in [1.165, 1.54) is 0 Å². The lowest BCUT2D eigenvalue weighted by Gasteiger charge is -1.98. The fourth-order valence-electron chi connectivity index (χ4n) is 0.408. The van der Waals surface area contributed by atoms with Crippen LogP contribution in [0.1, 0.15) is 20.8 Å². The third-order valence-corrected chi connectivity index (χ3v) is 1.31. The molecule has 3 N–H and O–H groups in total. The van der Waals surface area contributed by atoms with Crippen molar-refractivity contribution >= 4 is 12.2 Å². The monoisotopic (exact) mass is 139 g/mol. The van der Waals surface area contributed by atoms with Gasteiger partial charge in [-0.1, -0.05) is 5.57 Å². The van der Waals surface area contributed by atoms with Gasteiger partial charge in [0.15, 0.2) is 0 Å². The zero-order chi connectivity index (χ0) is 8.15. The first kappa shape index (κ1) is 8.88. The lowest BCUT2D eigenvalue weighted by Crippen LogP contribution is -1.99. The number of aliphatic imine (C=N–C) groups is 1. The predicted molar refractivity (Wildman–Crippen MR) is 44.5 cm³/mol. The average molecular weight is 139 g/mol. The highest BCUT2D eigenvalue weighted by atomic mass is 14.9. The minimum absolute atomic E-state index is 0.238. The topological polar surface area (TPSA) is 62.2 Å². The maximum Gasteiger partial charge on any atom is 0.149 e. The van der Waals surface area contributed by atoms with Crippen molar-refractivity contribution < 1.29 is 0 Å². The van der Waals surface area contributed by atoms with Crippen LogP contribution in [0.5, 0.6) is 0 Å². The molecule has 0 atom stereocenters. The summed E-state index contributed by atoms with van der Waals surface area (Å²) >= 11 is 0. The molecule has 3 heteroatoms. The van der Waals surface area contributed by atoms with Crippen LogP contribution in [0.15, 0.2) is 16.1 Å². The number of amidine groups is 1. The number of nitrogens with two attached hydrogens (primary N) is 1. The van der Waals surface area contributed by atoms with E-state index in [-0.39, 0.29) is 5.84 Å². The number of hydrogen-bond acceptors (Lipinski definition) is 1. The minimum atomic E-state index is 0.238.